The molecular weight excluding hydrogens is 126 g/mol. The maximum atomic E-state index is 11.0. The zero-order valence-electron chi connectivity index (χ0n) is 6.10. The van der Waals surface area contributed by atoms with Gasteiger partial charge in [0.2, 0.25) is 5.91 Å². The molecule has 0 heterocycles. The molecular formula is C8H13NO. The second-order valence-electron chi connectivity index (χ2n) is 3.65. The van der Waals surface area contributed by atoms with Crippen molar-refractivity contribution >= 4 is 5.91 Å². The fourth-order valence-electron chi connectivity index (χ4n) is 2.05. The van der Waals surface area contributed by atoms with Gasteiger partial charge >= 0.3 is 0 Å². The van der Waals surface area contributed by atoms with E-state index in [9.17, 15) is 4.79 Å². The summed E-state index contributed by atoms with van der Waals surface area (Å²) >= 11 is 0. The molecule has 56 valence electrons. The smallest absolute Gasteiger partial charge is 0.223 e. The summed E-state index contributed by atoms with van der Waals surface area (Å²) in [4.78, 5) is 11.0. The van der Waals surface area contributed by atoms with Gasteiger partial charge < -0.3 is 5.73 Å². The van der Waals surface area contributed by atoms with Gasteiger partial charge in [-0.05, 0) is 31.6 Å². The molecule has 2 N–H and O–H groups in total. The topological polar surface area (TPSA) is 43.1 Å². The highest BCUT2D eigenvalue weighted by Gasteiger charge is 2.53. The van der Waals surface area contributed by atoms with Crippen molar-refractivity contribution in [3.05, 3.63) is 0 Å². The summed E-state index contributed by atoms with van der Waals surface area (Å²) in [6.45, 7) is 0. The minimum Gasteiger partial charge on any atom is -0.369 e. The van der Waals surface area contributed by atoms with Crippen LogP contribution < -0.4 is 5.73 Å². The second-order valence-corrected chi connectivity index (χ2v) is 3.65. The predicted molar refractivity (Wildman–Crippen MR) is 38.2 cm³/mol. The van der Waals surface area contributed by atoms with Crippen LogP contribution in [0.2, 0.25) is 0 Å². The largest absolute Gasteiger partial charge is 0.369 e. The molecule has 0 atom stereocenters. The molecule has 2 aliphatic rings. The molecule has 2 fully saturated rings. The Morgan fingerprint density at radius 3 is 2.10 bits per heavy atom. The van der Waals surface area contributed by atoms with Crippen LogP contribution in [0.25, 0.3) is 0 Å². The second kappa shape index (κ2) is 1.74. The molecule has 0 aliphatic heterocycles. The Kier molecular flexibility index (Phi) is 1.08. The highest BCUT2D eigenvalue weighted by molar-refractivity contribution is 5.82. The lowest BCUT2D eigenvalue weighted by molar-refractivity contribution is -0.134. The zero-order valence-corrected chi connectivity index (χ0v) is 6.10. The number of rotatable bonds is 2. The van der Waals surface area contributed by atoms with Gasteiger partial charge in [0.1, 0.15) is 0 Å². The monoisotopic (exact) mass is 139 g/mol. The first-order valence-corrected chi connectivity index (χ1v) is 4.06. The SMILES string of the molecule is NC(=O)C1(C2CC2)CCC1. The Morgan fingerprint density at radius 1 is 1.40 bits per heavy atom. The maximum Gasteiger partial charge on any atom is 0.223 e. The first-order chi connectivity index (χ1) is 4.76. The first-order valence-electron chi connectivity index (χ1n) is 4.06. The number of primary amides is 1. The molecule has 2 heteroatoms. The van der Waals surface area contributed by atoms with E-state index in [0.29, 0.717) is 5.92 Å². The van der Waals surface area contributed by atoms with Gasteiger partial charge in [-0.2, -0.15) is 0 Å². The maximum absolute atomic E-state index is 11.0. The van der Waals surface area contributed by atoms with Crippen molar-refractivity contribution in [1.82, 2.24) is 0 Å². The average Bonchev–Trinajstić information content (AvgIpc) is 2.43. The number of carbonyl (C=O) groups is 1. The number of hydrogen-bond donors (Lipinski definition) is 1. The molecule has 2 saturated carbocycles. The Morgan fingerprint density at radius 2 is 2.00 bits per heavy atom. The van der Waals surface area contributed by atoms with Crippen LogP contribution >= 0.6 is 0 Å². The van der Waals surface area contributed by atoms with Gasteiger partial charge in [-0.1, -0.05) is 6.42 Å². The van der Waals surface area contributed by atoms with Crippen molar-refractivity contribution in [2.45, 2.75) is 32.1 Å². The third kappa shape index (κ3) is 0.619. The molecule has 0 saturated heterocycles. The van der Waals surface area contributed by atoms with Crippen molar-refractivity contribution in [1.29, 1.82) is 0 Å². The van der Waals surface area contributed by atoms with Gasteiger partial charge in [-0.3, -0.25) is 4.79 Å². The van der Waals surface area contributed by atoms with Gasteiger partial charge in [-0.25, -0.2) is 0 Å². The quantitative estimate of drug-likeness (QED) is 0.610. The molecule has 0 spiro atoms. The van der Waals surface area contributed by atoms with Crippen LogP contribution in [0, 0.1) is 11.3 Å². The van der Waals surface area contributed by atoms with E-state index in [1.807, 2.05) is 0 Å². The van der Waals surface area contributed by atoms with E-state index < -0.39 is 0 Å². The lowest BCUT2D eigenvalue weighted by Gasteiger charge is -2.39. The van der Waals surface area contributed by atoms with Crippen molar-refractivity contribution in [2.24, 2.45) is 17.1 Å². The molecule has 2 nitrogen and oxygen atoms in total. The van der Waals surface area contributed by atoms with E-state index in [1.165, 1.54) is 19.3 Å². The number of carbonyl (C=O) groups excluding carboxylic acids is 1. The Hall–Kier alpha value is -0.530. The van der Waals surface area contributed by atoms with E-state index in [-0.39, 0.29) is 11.3 Å². The third-order valence-electron chi connectivity index (χ3n) is 3.10. The van der Waals surface area contributed by atoms with Crippen LogP contribution in [0.1, 0.15) is 32.1 Å². The summed E-state index contributed by atoms with van der Waals surface area (Å²) in [5.74, 6) is 0.625. The summed E-state index contributed by atoms with van der Waals surface area (Å²) in [5, 5.41) is 0. The normalized spacial score (nSPS) is 29.2. The third-order valence-corrected chi connectivity index (χ3v) is 3.10. The van der Waals surface area contributed by atoms with Crippen molar-refractivity contribution in [2.75, 3.05) is 0 Å². The fourth-order valence-corrected chi connectivity index (χ4v) is 2.05. The van der Waals surface area contributed by atoms with Crippen molar-refractivity contribution < 1.29 is 4.79 Å². The van der Waals surface area contributed by atoms with Crippen LogP contribution in [0.15, 0.2) is 0 Å². The van der Waals surface area contributed by atoms with Crippen molar-refractivity contribution in [3.63, 3.8) is 0 Å². The molecule has 0 radical (unpaired) electrons. The van der Waals surface area contributed by atoms with Crippen LogP contribution in [-0.4, -0.2) is 5.91 Å². The lowest BCUT2D eigenvalue weighted by atomic mass is 9.65. The fraction of sp³-hybridized carbons (Fsp3) is 0.875. The van der Waals surface area contributed by atoms with E-state index >= 15 is 0 Å². The van der Waals surface area contributed by atoms with E-state index in [2.05, 4.69) is 0 Å². The molecule has 10 heavy (non-hydrogen) atoms. The summed E-state index contributed by atoms with van der Waals surface area (Å²) < 4.78 is 0. The van der Waals surface area contributed by atoms with Crippen LogP contribution in [0.5, 0.6) is 0 Å². The van der Waals surface area contributed by atoms with Crippen LogP contribution in [-0.2, 0) is 4.79 Å². The molecule has 2 rings (SSSR count). The van der Waals surface area contributed by atoms with Gasteiger partial charge in [-0.15, -0.1) is 0 Å². The summed E-state index contributed by atoms with van der Waals surface area (Å²) in [5.41, 5.74) is 5.31. The predicted octanol–water partition coefficient (Wildman–Crippen LogP) is 1.05. The number of nitrogens with two attached hydrogens (primary N) is 1. The van der Waals surface area contributed by atoms with E-state index in [4.69, 9.17) is 5.73 Å². The van der Waals surface area contributed by atoms with Gasteiger partial charge in [0.15, 0.2) is 0 Å². The Labute approximate surface area is 60.8 Å². The molecule has 2 aliphatic carbocycles. The van der Waals surface area contributed by atoms with E-state index in [0.717, 1.165) is 12.8 Å². The standard InChI is InChI=1S/C8H13NO/c9-7(10)8(4-1-5-8)6-2-3-6/h6H,1-5H2,(H2,9,10). The van der Waals surface area contributed by atoms with Gasteiger partial charge in [0.25, 0.3) is 0 Å². The molecule has 0 unspecified atom stereocenters. The molecule has 1 amide bonds. The molecule has 0 aromatic carbocycles. The average molecular weight is 139 g/mol. The Bertz CT molecular complexity index is 168. The lowest BCUT2D eigenvalue weighted by Crippen LogP contribution is -2.44. The first kappa shape index (κ1) is 6.20. The minimum atomic E-state index is -0.0405. The highest BCUT2D eigenvalue weighted by atomic mass is 16.1. The molecule has 0 aromatic heterocycles. The van der Waals surface area contributed by atoms with Gasteiger partial charge in [0.05, 0.1) is 5.41 Å². The van der Waals surface area contributed by atoms with Gasteiger partial charge in [0, 0.05) is 0 Å². The summed E-state index contributed by atoms with van der Waals surface area (Å²) in [6.07, 6.45) is 5.81. The molecule has 0 aromatic rings. The zero-order chi connectivity index (χ0) is 7.19. The Balaban J connectivity index is 2.12. The van der Waals surface area contributed by atoms with Crippen LogP contribution in [0.3, 0.4) is 0 Å². The summed E-state index contributed by atoms with van der Waals surface area (Å²) in [6, 6.07) is 0. The van der Waals surface area contributed by atoms with Crippen LogP contribution in [0.4, 0.5) is 0 Å². The van der Waals surface area contributed by atoms with E-state index in [1.54, 1.807) is 0 Å². The minimum absolute atomic E-state index is 0.0278. The highest BCUT2D eigenvalue weighted by Crippen LogP contribution is 2.56. The summed E-state index contributed by atoms with van der Waals surface area (Å²) in [7, 11) is 0. The number of hydrogen-bond acceptors (Lipinski definition) is 1. The van der Waals surface area contributed by atoms with Crippen molar-refractivity contribution in [3.8, 4) is 0 Å². The number of amides is 1. The molecule has 0 bridgehead atoms.